The van der Waals surface area contributed by atoms with Gasteiger partial charge in [-0.05, 0) is 0 Å². The Morgan fingerprint density at radius 3 is 1.68 bits per heavy atom. The summed E-state index contributed by atoms with van der Waals surface area (Å²) >= 11 is 0. The molecule has 0 aliphatic heterocycles. The van der Waals surface area contributed by atoms with Crippen molar-refractivity contribution in [1.29, 1.82) is 5.26 Å². The number of amidine groups is 1. The molecule has 0 aromatic rings. The fourth-order valence-corrected chi connectivity index (χ4v) is 1.39. The number of hydrogen-bond donors (Lipinski definition) is 10. The third-order valence-electron chi connectivity index (χ3n) is 2.47. The first-order valence-electron chi connectivity index (χ1n) is 7.65. The second-order valence-corrected chi connectivity index (χ2v) is 4.63. The Bertz CT molecular complexity index is 618. The van der Waals surface area contributed by atoms with Crippen LogP contribution in [-0.4, -0.2) is 68.9 Å². The van der Waals surface area contributed by atoms with Gasteiger partial charge in [0.15, 0.2) is 5.84 Å². The highest BCUT2D eigenvalue weighted by Crippen LogP contribution is 1.74. The molecule has 0 amide bonds. The Balaban J connectivity index is -0.00000312. The largest absolute Gasteiger partial charge is 1.00 e. The Morgan fingerprint density at radius 2 is 1.25 bits per heavy atom. The molecule has 16 N–H and O–H groups in total. The van der Waals surface area contributed by atoms with Gasteiger partial charge in [-0.3, -0.25) is 26.4 Å². The Morgan fingerprint density at radius 1 is 0.786 bits per heavy atom. The summed E-state index contributed by atoms with van der Waals surface area (Å²) in [6.07, 6.45) is 0. The summed E-state index contributed by atoms with van der Waals surface area (Å²) in [7, 11) is 0. The molecule has 0 rings (SSSR count). The standard InChI is InChI=1S/C12H26N14.2ClH/c13-1-2-21-9(16)25-11(18)23-5-6-24-12(19)26-10(17)22-4-3-20-8(15)7-14;;/h1-6,13H2,(H2,15,20)(H5,16,18,21,23,25)(H5,17,19,22,24,26);2*1H. The molecule has 0 aliphatic rings. The van der Waals surface area contributed by atoms with Gasteiger partial charge in [0.25, 0.3) is 11.9 Å². The molecule has 0 saturated carbocycles. The van der Waals surface area contributed by atoms with Crippen LogP contribution in [0.2, 0.25) is 0 Å². The molecule has 0 aromatic carbocycles. The number of nitrogens with two attached hydrogens (primary N) is 6. The Hall–Kier alpha value is -3.02. The molecule has 0 spiro atoms. The second-order valence-electron chi connectivity index (χ2n) is 4.63. The summed E-state index contributed by atoms with van der Waals surface area (Å²) in [5.41, 5.74) is 33.2. The summed E-state index contributed by atoms with van der Waals surface area (Å²) in [4.78, 5) is 17.4. The van der Waals surface area contributed by atoms with Crippen LogP contribution >= 0.6 is 0 Å². The maximum Gasteiger partial charge on any atom is 0.348 e. The third kappa shape index (κ3) is 17.8. The third-order valence-corrected chi connectivity index (χ3v) is 2.47. The molecule has 0 aromatic heterocycles. The molecule has 28 heavy (non-hydrogen) atoms. The first-order chi connectivity index (χ1) is 12.4. The minimum Gasteiger partial charge on any atom is -1.00 e. The first-order valence-corrected chi connectivity index (χ1v) is 7.65. The van der Waals surface area contributed by atoms with Gasteiger partial charge in [-0.1, -0.05) is 0 Å². The molecular formula is C12H28Cl2N14. The van der Waals surface area contributed by atoms with Gasteiger partial charge in [-0.15, -0.1) is 0 Å². The SMILES string of the molecule is N#CC(N)=NCC[NH+]=C(N)NC(N)=NCCN=C(N)NC(N)=[NH+]CCN.[Cl-].[Cl-]. The minimum atomic E-state index is -0.0942. The van der Waals surface area contributed by atoms with E-state index >= 15 is 0 Å². The zero-order valence-corrected chi connectivity index (χ0v) is 16.8. The van der Waals surface area contributed by atoms with Gasteiger partial charge < -0.3 is 47.7 Å². The van der Waals surface area contributed by atoms with Crippen LogP contribution in [0.5, 0.6) is 0 Å². The van der Waals surface area contributed by atoms with Gasteiger partial charge in [-0.25, -0.2) is 20.6 Å². The van der Waals surface area contributed by atoms with E-state index in [0.29, 0.717) is 32.7 Å². The number of nitrogens with zero attached hydrogens (tertiary/aromatic N) is 4. The monoisotopic (exact) mass is 438 g/mol. The topological polar surface area (TPSA) is 269 Å². The van der Waals surface area contributed by atoms with Crippen LogP contribution in [0.25, 0.3) is 0 Å². The summed E-state index contributed by atoms with van der Waals surface area (Å²) < 4.78 is 0. The number of nitriles is 1. The average molecular weight is 439 g/mol. The Kier molecular flexibility index (Phi) is 19.9. The molecule has 0 radical (unpaired) electrons. The van der Waals surface area contributed by atoms with Crippen LogP contribution in [0.1, 0.15) is 0 Å². The van der Waals surface area contributed by atoms with Crippen molar-refractivity contribution in [2.75, 3.05) is 39.3 Å². The predicted molar refractivity (Wildman–Crippen MR) is 100 cm³/mol. The lowest BCUT2D eigenvalue weighted by molar-refractivity contribution is -0.457. The van der Waals surface area contributed by atoms with Gasteiger partial charge in [0.2, 0.25) is 0 Å². The van der Waals surface area contributed by atoms with Crippen LogP contribution in [0.15, 0.2) is 15.0 Å². The van der Waals surface area contributed by atoms with Crippen LogP contribution in [0.4, 0.5) is 0 Å². The molecule has 0 bridgehead atoms. The highest BCUT2D eigenvalue weighted by atomic mass is 35.5. The van der Waals surface area contributed by atoms with Gasteiger partial charge in [0, 0.05) is 6.54 Å². The quantitative estimate of drug-likeness (QED) is 0.0975. The van der Waals surface area contributed by atoms with E-state index in [1.165, 1.54) is 0 Å². The van der Waals surface area contributed by atoms with E-state index in [-0.39, 0.29) is 61.0 Å². The normalized spacial score (nSPS) is 13.1. The number of guanidine groups is 4. The van der Waals surface area contributed by atoms with Crippen LogP contribution in [-0.2, 0) is 0 Å². The van der Waals surface area contributed by atoms with E-state index in [9.17, 15) is 0 Å². The van der Waals surface area contributed by atoms with Crippen LogP contribution in [0.3, 0.4) is 0 Å². The first kappa shape index (κ1) is 29.7. The lowest BCUT2D eigenvalue weighted by atomic mass is 10.6. The minimum absolute atomic E-state index is 0. The van der Waals surface area contributed by atoms with E-state index in [4.69, 9.17) is 39.7 Å². The van der Waals surface area contributed by atoms with Crippen molar-refractivity contribution in [3.63, 3.8) is 0 Å². The molecule has 0 saturated heterocycles. The van der Waals surface area contributed by atoms with Crippen LogP contribution < -0.4 is 79.8 Å². The number of rotatable bonds is 8. The molecule has 0 atom stereocenters. The smallest absolute Gasteiger partial charge is 0.348 e. The molecule has 16 heteroatoms. The van der Waals surface area contributed by atoms with Crippen molar-refractivity contribution < 1.29 is 34.8 Å². The number of hydrogen-bond acceptors (Lipinski definition) is 5. The van der Waals surface area contributed by atoms with E-state index in [2.05, 4.69) is 35.6 Å². The maximum atomic E-state index is 8.44. The van der Waals surface area contributed by atoms with Crippen molar-refractivity contribution >= 4 is 29.7 Å². The van der Waals surface area contributed by atoms with Gasteiger partial charge in [0.1, 0.15) is 6.07 Å². The van der Waals surface area contributed by atoms with Crippen molar-refractivity contribution in [1.82, 2.24) is 10.6 Å². The van der Waals surface area contributed by atoms with Gasteiger partial charge in [-0.2, -0.15) is 5.26 Å². The Labute approximate surface area is 175 Å². The summed E-state index contributed by atoms with van der Waals surface area (Å²) in [6, 6.07) is 1.71. The predicted octanol–water partition coefficient (Wildman–Crippen LogP) is -14.6. The summed E-state index contributed by atoms with van der Waals surface area (Å²) in [5.74, 6) is 0.597. The molecule has 0 aliphatic carbocycles. The molecule has 0 unspecified atom stereocenters. The number of nitrogens with one attached hydrogen (secondary N) is 4. The number of aliphatic imine (C=N–C) groups is 3. The average Bonchev–Trinajstić information content (AvgIpc) is 2.60. The van der Waals surface area contributed by atoms with Crippen LogP contribution in [0, 0.1) is 11.3 Å². The summed E-state index contributed by atoms with van der Waals surface area (Å²) in [5, 5.41) is 13.8. The van der Waals surface area contributed by atoms with Crippen molar-refractivity contribution in [2.24, 2.45) is 49.4 Å². The van der Waals surface area contributed by atoms with E-state index in [1.54, 1.807) is 6.07 Å². The second kappa shape index (κ2) is 18.8. The summed E-state index contributed by atoms with van der Waals surface area (Å²) in [6.45, 7) is 2.20. The molecule has 0 fully saturated rings. The van der Waals surface area contributed by atoms with Gasteiger partial charge >= 0.3 is 11.9 Å². The number of halogens is 2. The fraction of sp³-hybridized carbons (Fsp3) is 0.500. The van der Waals surface area contributed by atoms with Crippen molar-refractivity contribution in [2.45, 2.75) is 0 Å². The van der Waals surface area contributed by atoms with Crippen molar-refractivity contribution in [3.05, 3.63) is 0 Å². The maximum absolute atomic E-state index is 8.44. The highest BCUT2D eigenvalue weighted by Gasteiger charge is 2.03. The highest BCUT2D eigenvalue weighted by molar-refractivity contribution is 5.95. The van der Waals surface area contributed by atoms with E-state index in [0.717, 1.165) is 0 Å². The lowest BCUT2D eigenvalue weighted by Crippen LogP contribution is -3.00. The van der Waals surface area contributed by atoms with Gasteiger partial charge in [0.05, 0.1) is 32.7 Å². The fourth-order valence-electron chi connectivity index (χ4n) is 1.39. The molecule has 160 valence electrons. The zero-order valence-electron chi connectivity index (χ0n) is 15.3. The van der Waals surface area contributed by atoms with Crippen molar-refractivity contribution in [3.8, 4) is 6.07 Å². The lowest BCUT2D eigenvalue weighted by Gasteiger charge is -1.99. The zero-order chi connectivity index (χ0) is 19.8. The van der Waals surface area contributed by atoms with E-state index < -0.39 is 0 Å². The molecular weight excluding hydrogens is 411 g/mol. The molecule has 0 heterocycles. The molecule has 14 nitrogen and oxygen atoms in total. The van der Waals surface area contributed by atoms with E-state index in [1.807, 2.05) is 0 Å².